The van der Waals surface area contributed by atoms with Crippen molar-refractivity contribution in [1.29, 1.82) is 0 Å². The third-order valence-corrected chi connectivity index (χ3v) is 2.33. The molecule has 1 aromatic heterocycles. The standard InChI is InChI=1S/C9H7ClN2O3/c1-15-7-3-6-4(2-5(7)10)8(9(13)14)12-11-6/h2-3H,1H3,(H,11,12)(H,13,14). The van der Waals surface area contributed by atoms with E-state index in [1.807, 2.05) is 0 Å². The Hall–Kier alpha value is -1.75. The predicted octanol–water partition coefficient (Wildman–Crippen LogP) is 1.92. The van der Waals surface area contributed by atoms with Crippen LogP contribution < -0.4 is 4.74 Å². The highest BCUT2D eigenvalue weighted by Gasteiger charge is 2.14. The van der Waals surface area contributed by atoms with Crippen molar-refractivity contribution in [2.75, 3.05) is 7.11 Å². The molecule has 0 aliphatic carbocycles. The summed E-state index contributed by atoms with van der Waals surface area (Å²) in [6, 6.07) is 3.12. The SMILES string of the molecule is COc1cc2[nH]nc(C(=O)O)c2cc1Cl. The zero-order valence-corrected chi connectivity index (χ0v) is 8.50. The van der Waals surface area contributed by atoms with E-state index in [4.69, 9.17) is 21.4 Å². The molecule has 0 saturated carbocycles. The summed E-state index contributed by atoms with van der Waals surface area (Å²) in [4.78, 5) is 10.8. The molecule has 2 N–H and O–H groups in total. The van der Waals surface area contributed by atoms with Gasteiger partial charge in [0.25, 0.3) is 0 Å². The molecular formula is C9H7ClN2O3. The van der Waals surface area contributed by atoms with Gasteiger partial charge in [-0.3, -0.25) is 5.10 Å². The number of hydrogen-bond acceptors (Lipinski definition) is 3. The molecule has 0 unspecified atom stereocenters. The minimum Gasteiger partial charge on any atom is -0.495 e. The number of fused-ring (bicyclic) bond motifs is 1. The van der Waals surface area contributed by atoms with Crippen molar-refractivity contribution in [2.24, 2.45) is 0 Å². The lowest BCUT2D eigenvalue weighted by molar-refractivity contribution is 0.0692. The Morgan fingerprint density at radius 3 is 2.93 bits per heavy atom. The maximum Gasteiger partial charge on any atom is 0.357 e. The van der Waals surface area contributed by atoms with E-state index in [9.17, 15) is 4.79 Å². The predicted molar refractivity (Wildman–Crippen MR) is 54.6 cm³/mol. The molecular weight excluding hydrogens is 220 g/mol. The Bertz CT molecular complexity index is 535. The van der Waals surface area contributed by atoms with Gasteiger partial charge in [0.15, 0.2) is 5.69 Å². The molecule has 78 valence electrons. The molecule has 0 aliphatic rings. The molecule has 0 atom stereocenters. The largest absolute Gasteiger partial charge is 0.495 e. The smallest absolute Gasteiger partial charge is 0.357 e. The van der Waals surface area contributed by atoms with E-state index in [0.29, 0.717) is 21.7 Å². The number of benzene rings is 1. The summed E-state index contributed by atoms with van der Waals surface area (Å²) < 4.78 is 5.00. The number of nitrogens with zero attached hydrogens (tertiary/aromatic N) is 1. The van der Waals surface area contributed by atoms with Gasteiger partial charge in [0.1, 0.15) is 5.75 Å². The van der Waals surface area contributed by atoms with Crippen molar-refractivity contribution < 1.29 is 14.6 Å². The fourth-order valence-electron chi connectivity index (χ4n) is 1.34. The minimum absolute atomic E-state index is 0.0467. The Morgan fingerprint density at radius 1 is 1.60 bits per heavy atom. The number of ether oxygens (including phenoxy) is 1. The lowest BCUT2D eigenvalue weighted by Gasteiger charge is -2.01. The van der Waals surface area contributed by atoms with E-state index < -0.39 is 5.97 Å². The number of nitrogens with one attached hydrogen (secondary N) is 1. The lowest BCUT2D eigenvalue weighted by atomic mass is 10.2. The van der Waals surface area contributed by atoms with E-state index in [0.717, 1.165) is 0 Å². The van der Waals surface area contributed by atoms with Crippen LogP contribution in [0.1, 0.15) is 10.5 Å². The number of aromatic carboxylic acids is 1. The molecule has 15 heavy (non-hydrogen) atoms. The summed E-state index contributed by atoms with van der Waals surface area (Å²) in [7, 11) is 1.49. The van der Waals surface area contributed by atoms with Crippen molar-refractivity contribution >= 4 is 28.5 Å². The second-order valence-electron chi connectivity index (χ2n) is 2.91. The maximum absolute atomic E-state index is 10.8. The average Bonchev–Trinajstić information content (AvgIpc) is 2.59. The molecule has 1 heterocycles. The first-order valence-electron chi connectivity index (χ1n) is 4.08. The number of hydrogen-bond donors (Lipinski definition) is 2. The van der Waals surface area contributed by atoms with Crippen molar-refractivity contribution in [1.82, 2.24) is 10.2 Å². The van der Waals surface area contributed by atoms with Gasteiger partial charge in [0.2, 0.25) is 0 Å². The number of rotatable bonds is 2. The van der Waals surface area contributed by atoms with Crippen molar-refractivity contribution in [3.05, 3.63) is 22.8 Å². The summed E-state index contributed by atoms with van der Waals surface area (Å²) in [5, 5.41) is 15.9. The van der Waals surface area contributed by atoms with Gasteiger partial charge in [-0.25, -0.2) is 4.79 Å². The Kier molecular flexibility index (Phi) is 2.24. The van der Waals surface area contributed by atoms with E-state index in [2.05, 4.69) is 10.2 Å². The molecule has 0 bridgehead atoms. The molecule has 0 radical (unpaired) electrons. The summed E-state index contributed by atoms with van der Waals surface area (Å²) in [6.07, 6.45) is 0. The zero-order chi connectivity index (χ0) is 11.0. The van der Waals surface area contributed by atoms with Gasteiger partial charge in [-0.1, -0.05) is 11.6 Å². The number of methoxy groups -OCH3 is 1. The molecule has 6 heteroatoms. The second kappa shape index (κ2) is 3.43. The molecule has 0 fully saturated rings. The molecule has 0 spiro atoms. The highest BCUT2D eigenvalue weighted by molar-refractivity contribution is 6.33. The third kappa shape index (κ3) is 1.50. The number of aromatic nitrogens is 2. The van der Waals surface area contributed by atoms with Gasteiger partial charge in [-0.2, -0.15) is 5.10 Å². The number of H-pyrrole nitrogens is 1. The topological polar surface area (TPSA) is 75.2 Å². The van der Waals surface area contributed by atoms with Gasteiger partial charge in [-0.15, -0.1) is 0 Å². The molecule has 0 aliphatic heterocycles. The molecule has 2 aromatic rings. The Balaban J connectivity index is 2.73. The molecule has 2 rings (SSSR count). The molecule has 1 aromatic carbocycles. The fourth-order valence-corrected chi connectivity index (χ4v) is 1.58. The third-order valence-electron chi connectivity index (χ3n) is 2.04. The first kappa shape index (κ1) is 9.79. The van der Waals surface area contributed by atoms with Crippen LogP contribution in [-0.4, -0.2) is 28.4 Å². The zero-order valence-electron chi connectivity index (χ0n) is 7.74. The summed E-state index contributed by atoms with van der Waals surface area (Å²) >= 11 is 5.88. The molecule has 0 amide bonds. The quantitative estimate of drug-likeness (QED) is 0.820. The summed E-state index contributed by atoms with van der Waals surface area (Å²) in [5.41, 5.74) is 0.531. The first-order valence-corrected chi connectivity index (χ1v) is 4.46. The van der Waals surface area contributed by atoms with Crippen molar-refractivity contribution in [3.8, 4) is 5.75 Å². The van der Waals surface area contributed by atoms with E-state index in [1.54, 1.807) is 6.07 Å². The first-order chi connectivity index (χ1) is 7.13. The lowest BCUT2D eigenvalue weighted by Crippen LogP contribution is -1.96. The van der Waals surface area contributed by atoms with Crippen LogP contribution in [0.3, 0.4) is 0 Å². The van der Waals surface area contributed by atoms with E-state index in [-0.39, 0.29) is 5.69 Å². The van der Waals surface area contributed by atoms with Crippen LogP contribution in [0.15, 0.2) is 12.1 Å². The van der Waals surface area contributed by atoms with Crippen LogP contribution in [0.25, 0.3) is 10.9 Å². The number of carbonyl (C=O) groups is 1. The molecule has 5 nitrogen and oxygen atoms in total. The van der Waals surface area contributed by atoms with Crippen LogP contribution in [-0.2, 0) is 0 Å². The average molecular weight is 227 g/mol. The summed E-state index contributed by atoms with van der Waals surface area (Å²) in [5.74, 6) is -0.618. The van der Waals surface area contributed by atoms with Crippen LogP contribution in [0, 0.1) is 0 Å². The monoisotopic (exact) mass is 226 g/mol. The maximum atomic E-state index is 10.8. The summed E-state index contributed by atoms with van der Waals surface area (Å²) in [6.45, 7) is 0. The van der Waals surface area contributed by atoms with Crippen molar-refractivity contribution in [3.63, 3.8) is 0 Å². The van der Waals surface area contributed by atoms with Crippen LogP contribution in [0.5, 0.6) is 5.75 Å². The highest BCUT2D eigenvalue weighted by atomic mass is 35.5. The number of carboxylic acid groups (broad SMARTS) is 1. The van der Waals surface area contributed by atoms with Crippen LogP contribution in [0.4, 0.5) is 0 Å². The van der Waals surface area contributed by atoms with Crippen LogP contribution in [0.2, 0.25) is 5.02 Å². The molecule has 0 saturated heterocycles. The number of aromatic amines is 1. The minimum atomic E-state index is -1.09. The van der Waals surface area contributed by atoms with Gasteiger partial charge in [0.05, 0.1) is 17.6 Å². The fraction of sp³-hybridized carbons (Fsp3) is 0.111. The van der Waals surface area contributed by atoms with E-state index >= 15 is 0 Å². The Morgan fingerprint density at radius 2 is 2.33 bits per heavy atom. The van der Waals surface area contributed by atoms with Gasteiger partial charge >= 0.3 is 5.97 Å². The van der Waals surface area contributed by atoms with Gasteiger partial charge in [0, 0.05) is 11.5 Å². The van der Waals surface area contributed by atoms with E-state index in [1.165, 1.54) is 13.2 Å². The number of halogens is 1. The van der Waals surface area contributed by atoms with Gasteiger partial charge in [-0.05, 0) is 6.07 Å². The van der Waals surface area contributed by atoms with Crippen LogP contribution >= 0.6 is 11.6 Å². The van der Waals surface area contributed by atoms with Gasteiger partial charge < -0.3 is 9.84 Å². The normalized spacial score (nSPS) is 10.5. The number of carboxylic acids is 1. The van der Waals surface area contributed by atoms with Crippen molar-refractivity contribution in [2.45, 2.75) is 0 Å². The Labute approximate surface area is 89.6 Å². The second-order valence-corrected chi connectivity index (χ2v) is 3.32. The highest BCUT2D eigenvalue weighted by Crippen LogP contribution is 2.30.